The Bertz CT molecular complexity index is 1210. The van der Waals surface area contributed by atoms with Gasteiger partial charge in [-0.25, -0.2) is 19.7 Å². The number of aromatic carboxylic acids is 1. The molecule has 35 heavy (non-hydrogen) atoms. The van der Waals surface area contributed by atoms with Crippen LogP contribution in [-0.4, -0.2) is 64.5 Å². The zero-order valence-corrected chi connectivity index (χ0v) is 19.3. The number of rotatable bonds is 7. The van der Waals surface area contributed by atoms with Gasteiger partial charge < -0.3 is 20.6 Å². The molecule has 1 fully saturated rings. The summed E-state index contributed by atoms with van der Waals surface area (Å²) in [5.74, 6) is -0.815. The van der Waals surface area contributed by atoms with Gasteiger partial charge in [-0.3, -0.25) is 14.5 Å². The molecule has 1 saturated heterocycles. The summed E-state index contributed by atoms with van der Waals surface area (Å²) in [7, 11) is 0. The number of carbonyl (C=O) groups excluding carboxylic acids is 2. The van der Waals surface area contributed by atoms with Crippen LogP contribution in [0.3, 0.4) is 0 Å². The number of nitrogens with zero attached hydrogens (tertiary/aromatic N) is 5. The fourth-order valence-corrected chi connectivity index (χ4v) is 3.72. The number of carbonyl (C=O) groups is 3. The predicted molar refractivity (Wildman–Crippen MR) is 131 cm³/mol. The highest BCUT2D eigenvalue weighted by atomic mass is 35.5. The van der Waals surface area contributed by atoms with E-state index in [-0.39, 0.29) is 28.5 Å². The number of hydrogen-bond acceptors (Lipinski definition) is 8. The van der Waals surface area contributed by atoms with E-state index in [1.165, 1.54) is 36.7 Å². The number of pyridine rings is 1. The van der Waals surface area contributed by atoms with Gasteiger partial charge in [0.05, 0.1) is 34.2 Å². The molecular weight excluding hydrogens is 474 g/mol. The minimum atomic E-state index is -1.22. The van der Waals surface area contributed by atoms with Crippen molar-refractivity contribution in [1.29, 1.82) is 0 Å². The average molecular weight is 496 g/mol. The first-order chi connectivity index (χ1) is 17.0. The summed E-state index contributed by atoms with van der Waals surface area (Å²) in [5.41, 5.74) is -0.0410. The molecule has 0 radical (unpaired) electrons. The molecule has 1 aliphatic rings. The highest BCUT2D eigenvalue weighted by molar-refractivity contribution is 6.30. The minimum absolute atomic E-state index is 0.0572. The second kappa shape index (κ2) is 10.9. The number of halogens is 1. The number of carboxylic acids is 1. The maximum absolute atomic E-state index is 13.1. The van der Waals surface area contributed by atoms with Gasteiger partial charge in [-0.2, -0.15) is 0 Å². The molecule has 0 aliphatic carbocycles. The summed E-state index contributed by atoms with van der Waals surface area (Å²) < 4.78 is 0. The number of benzene rings is 1. The van der Waals surface area contributed by atoms with Crippen LogP contribution < -0.4 is 20.4 Å². The van der Waals surface area contributed by atoms with Gasteiger partial charge in [0.1, 0.15) is 11.6 Å². The summed E-state index contributed by atoms with van der Waals surface area (Å²) >= 11 is 5.84. The number of hydrogen-bond donors (Lipinski definition) is 3. The molecule has 0 spiro atoms. The summed E-state index contributed by atoms with van der Waals surface area (Å²) in [6.07, 6.45) is 5.84. The predicted octanol–water partition coefficient (Wildman–Crippen LogP) is 2.57. The summed E-state index contributed by atoms with van der Waals surface area (Å²) in [6, 6.07) is 6.91. The molecule has 3 aromatic rings. The van der Waals surface area contributed by atoms with Gasteiger partial charge >= 0.3 is 5.97 Å². The second-order valence-corrected chi connectivity index (χ2v) is 8.09. The lowest BCUT2D eigenvalue weighted by Crippen LogP contribution is -2.29. The van der Waals surface area contributed by atoms with E-state index in [1.54, 1.807) is 12.3 Å². The lowest BCUT2D eigenvalue weighted by molar-refractivity contribution is -0.106. The molecule has 180 valence electrons. The number of aromatic nitrogens is 3. The zero-order chi connectivity index (χ0) is 24.8. The molecule has 0 bridgehead atoms. The van der Waals surface area contributed by atoms with Crippen LogP contribution in [0.25, 0.3) is 0 Å². The van der Waals surface area contributed by atoms with E-state index in [0.29, 0.717) is 17.3 Å². The van der Waals surface area contributed by atoms with Gasteiger partial charge in [0, 0.05) is 25.8 Å². The van der Waals surface area contributed by atoms with Crippen molar-refractivity contribution < 1.29 is 19.5 Å². The summed E-state index contributed by atoms with van der Waals surface area (Å²) in [4.78, 5) is 52.8. The smallest absolute Gasteiger partial charge is 0.335 e. The Kier molecular flexibility index (Phi) is 7.48. The highest BCUT2D eigenvalue weighted by Gasteiger charge is 2.22. The lowest BCUT2D eigenvalue weighted by Gasteiger charge is -2.23. The van der Waals surface area contributed by atoms with Crippen LogP contribution in [0.2, 0.25) is 5.02 Å². The monoisotopic (exact) mass is 495 g/mol. The molecule has 3 heterocycles. The third-order valence-corrected chi connectivity index (χ3v) is 5.58. The first-order valence-corrected chi connectivity index (χ1v) is 11.2. The Morgan fingerprint density at radius 3 is 2.63 bits per heavy atom. The molecule has 2 amide bonds. The van der Waals surface area contributed by atoms with Crippen LogP contribution in [-0.2, 0) is 4.79 Å². The first-order valence-electron chi connectivity index (χ1n) is 10.8. The van der Waals surface area contributed by atoms with Crippen molar-refractivity contribution in [2.24, 2.45) is 0 Å². The molecule has 3 N–H and O–H groups in total. The van der Waals surface area contributed by atoms with Crippen LogP contribution >= 0.6 is 11.6 Å². The van der Waals surface area contributed by atoms with Gasteiger partial charge in [-0.05, 0) is 43.3 Å². The van der Waals surface area contributed by atoms with Gasteiger partial charge in [0.2, 0.25) is 6.41 Å². The van der Waals surface area contributed by atoms with Crippen molar-refractivity contribution >= 4 is 53.0 Å². The fraction of sp³-hybridized carbons (Fsp3) is 0.217. The molecule has 0 unspecified atom stereocenters. The van der Waals surface area contributed by atoms with Crippen LogP contribution in [0.5, 0.6) is 0 Å². The first kappa shape index (κ1) is 24.0. The maximum atomic E-state index is 13.1. The quantitative estimate of drug-likeness (QED) is 0.421. The Balaban J connectivity index is 1.65. The van der Waals surface area contributed by atoms with E-state index < -0.39 is 11.9 Å². The summed E-state index contributed by atoms with van der Waals surface area (Å²) in [6.45, 7) is 3.38. The largest absolute Gasteiger partial charge is 0.478 e. The van der Waals surface area contributed by atoms with Crippen molar-refractivity contribution in [3.63, 3.8) is 0 Å². The van der Waals surface area contributed by atoms with E-state index >= 15 is 0 Å². The average Bonchev–Trinajstić information content (AvgIpc) is 3.16. The third-order valence-electron chi connectivity index (χ3n) is 5.36. The zero-order valence-electron chi connectivity index (χ0n) is 18.5. The molecule has 0 atom stereocenters. The Labute approximate surface area is 205 Å². The van der Waals surface area contributed by atoms with Crippen molar-refractivity contribution in [1.82, 2.24) is 20.3 Å². The second-order valence-electron chi connectivity index (χ2n) is 7.65. The Hall–Kier alpha value is -4.09. The lowest BCUT2D eigenvalue weighted by atomic mass is 10.1. The molecule has 2 aromatic heterocycles. The normalized spacial score (nSPS) is 13.6. The Morgan fingerprint density at radius 2 is 1.94 bits per heavy atom. The molecule has 1 aromatic carbocycles. The third kappa shape index (κ3) is 5.70. The standard InChI is InChI=1S/C23H22ClN7O4/c24-16-3-5-19(26-11-16)29-22(33)17-10-15(23(34)35)2-4-18(17)31(14-32)21-13-27-20(12-28-21)30-8-1-6-25-7-9-30/h2-5,10-14,25H,1,6-9H2,(H,34,35)(H,26,29,33). The van der Waals surface area contributed by atoms with Crippen LogP contribution in [0, 0.1) is 0 Å². The van der Waals surface area contributed by atoms with Crippen molar-refractivity contribution in [2.75, 3.05) is 41.3 Å². The minimum Gasteiger partial charge on any atom is -0.478 e. The van der Waals surface area contributed by atoms with Crippen LogP contribution in [0.1, 0.15) is 27.1 Å². The maximum Gasteiger partial charge on any atom is 0.335 e. The topological polar surface area (TPSA) is 141 Å². The number of nitrogens with one attached hydrogen (secondary N) is 2. The number of anilines is 4. The van der Waals surface area contributed by atoms with Crippen LogP contribution in [0.4, 0.5) is 23.1 Å². The molecule has 1 aliphatic heterocycles. The molecule has 12 heteroatoms. The van der Waals surface area contributed by atoms with Crippen molar-refractivity contribution in [3.05, 3.63) is 65.1 Å². The highest BCUT2D eigenvalue weighted by Crippen LogP contribution is 2.28. The molecule has 11 nitrogen and oxygen atoms in total. The van der Waals surface area contributed by atoms with E-state index in [4.69, 9.17) is 11.6 Å². The van der Waals surface area contributed by atoms with E-state index in [0.717, 1.165) is 37.5 Å². The van der Waals surface area contributed by atoms with Crippen LogP contribution in [0.15, 0.2) is 48.9 Å². The molecular formula is C23H22ClN7O4. The van der Waals surface area contributed by atoms with Crippen molar-refractivity contribution in [2.45, 2.75) is 6.42 Å². The number of amides is 2. The molecule has 4 rings (SSSR count). The van der Waals surface area contributed by atoms with Gasteiger partial charge in [0.25, 0.3) is 5.91 Å². The fourth-order valence-electron chi connectivity index (χ4n) is 3.61. The molecule has 0 saturated carbocycles. The summed E-state index contributed by atoms with van der Waals surface area (Å²) in [5, 5.41) is 15.7. The van der Waals surface area contributed by atoms with Crippen molar-refractivity contribution in [3.8, 4) is 0 Å². The SMILES string of the molecule is O=CN(c1cnc(N2CCCNCC2)cn1)c1ccc(C(=O)O)cc1C(=O)Nc1ccc(Cl)cn1. The van der Waals surface area contributed by atoms with E-state index in [1.807, 2.05) is 0 Å². The van der Waals surface area contributed by atoms with Gasteiger partial charge in [-0.1, -0.05) is 11.6 Å². The van der Waals surface area contributed by atoms with Gasteiger partial charge in [0.15, 0.2) is 5.82 Å². The number of carboxylic acid groups (broad SMARTS) is 1. The Morgan fingerprint density at radius 1 is 1.09 bits per heavy atom. The van der Waals surface area contributed by atoms with Gasteiger partial charge in [-0.15, -0.1) is 0 Å². The van der Waals surface area contributed by atoms with E-state index in [2.05, 4.69) is 30.5 Å². The van der Waals surface area contributed by atoms with E-state index in [9.17, 15) is 19.5 Å².